The molecule has 0 saturated heterocycles. The first kappa shape index (κ1) is 18.7. The number of nitrogens with zero attached hydrogens (tertiary/aromatic N) is 3. The number of guanidine groups is 1. The highest BCUT2D eigenvalue weighted by Crippen LogP contribution is 2.05. The molecule has 1 rings (SSSR count). The fourth-order valence-corrected chi connectivity index (χ4v) is 2.29. The summed E-state index contributed by atoms with van der Waals surface area (Å²) >= 11 is 5.78. The highest BCUT2D eigenvalue weighted by molar-refractivity contribution is 6.29. The van der Waals surface area contributed by atoms with Crippen molar-refractivity contribution >= 4 is 17.6 Å². The summed E-state index contributed by atoms with van der Waals surface area (Å²) in [6.07, 6.45) is 3.89. The Kier molecular flexibility index (Phi) is 9.59. The maximum absolute atomic E-state index is 5.78. The topological polar surface area (TPSA) is 52.5 Å². The molecule has 0 atom stereocenters. The van der Waals surface area contributed by atoms with Crippen molar-refractivity contribution < 1.29 is 0 Å². The molecular formula is C16H28ClN5. The van der Waals surface area contributed by atoms with Gasteiger partial charge in [-0.2, -0.15) is 0 Å². The minimum atomic E-state index is 0.529. The Labute approximate surface area is 139 Å². The summed E-state index contributed by atoms with van der Waals surface area (Å²) in [4.78, 5) is 10.8. The molecule has 0 aromatic carbocycles. The molecule has 0 bridgehead atoms. The van der Waals surface area contributed by atoms with E-state index in [0.717, 1.165) is 50.7 Å². The van der Waals surface area contributed by atoms with Crippen LogP contribution in [0.4, 0.5) is 0 Å². The number of hydrogen-bond acceptors (Lipinski definition) is 3. The van der Waals surface area contributed by atoms with Crippen molar-refractivity contribution in [3.63, 3.8) is 0 Å². The van der Waals surface area contributed by atoms with E-state index in [9.17, 15) is 0 Å². The summed E-state index contributed by atoms with van der Waals surface area (Å²) < 4.78 is 0. The van der Waals surface area contributed by atoms with E-state index in [1.165, 1.54) is 6.42 Å². The van der Waals surface area contributed by atoms with E-state index < -0.39 is 0 Å². The zero-order chi connectivity index (χ0) is 16.2. The molecule has 1 heterocycles. The monoisotopic (exact) mass is 325 g/mol. The molecule has 0 radical (unpaired) electrons. The van der Waals surface area contributed by atoms with Crippen LogP contribution in [0.5, 0.6) is 0 Å². The molecule has 124 valence electrons. The van der Waals surface area contributed by atoms with Crippen molar-refractivity contribution in [3.05, 3.63) is 29.0 Å². The van der Waals surface area contributed by atoms with Crippen LogP contribution in [0.15, 0.2) is 23.3 Å². The highest BCUT2D eigenvalue weighted by atomic mass is 35.5. The van der Waals surface area contributed by atoms with Gasteiger partial charge in [-0.15, -0.1) is 0 Å². The Morgan fingerprint density at radius 3 is 2.59 bits per heavy atom. The molecule has 0 fully saturated rings. The lowest BCUT2D eigenvalue weighted by molar-refractivity contribution is 0.293. The number of nitrogens with one attached hydrogen (secondary N) is 2. The van der Waals surface area contributed by atoms with Gasteiger partial charge in [0.2, 0.25) is 0 Å². The van der Waals surface area contributed by atoms with Crippen molar-refractivity contribution in [2.75, 3.05) is 39.8 Å². The maximum atomic E-state index is 5.78. The lowest BCUT2D eigenvalue weighted by atomic mass is 10.2. The van der Waals surface area contributed by atoms with Crippen LogP contribution in [0.2, 0.25) is 5.15 Å². The number of pyridine rings is 1. The summed E-state index contributed by atoms with van der Waals surface area (Å²) in [7, 11) is 1.79. The van der Waals surface area contributed by atoms with Gasteiger partial charge in [-0.25, -0.2) is 4.98 Å². The first-order valence-corrected chi connectivity index (χ1v) is 8.34. The van der Waals surface area contributed by atoms with E-state index in [1.807, 2.05) is 18.3 Å². The van der Waals surface area contributed by atoms with E-state index in [4.69, 9.17) is 11.6 Å². The minimum absolute atomic E-state index is 0.529. The number of aliphatic imine (C=N–C) groups is 1. The van der Waals surface area contributed by atoms with Crippen LogP contribution in [0, 0.1) is 0 Å². The number of likely N-dealkylation sites (N-methyl/N-ethyl adjacent to an activating group) is 1. The molecule has 5 nitrogen and oxygen atoms in total. The van der Waals surface area contributed by atoms with Gasteiger partial charge in [-0.1, -0.05) is 31.5 Å². The molecule has 2 N–H and O–H groups in total. The van der Waals surface area contributed by atoms with Gasteiger partial charge in [-0.3, -0.25) is 4.99 Å². The molecule has 1 aromatic rings. The second kappa shape index (κ2) is 11.3. The number of rotatable bonds is 9. The van der Waals surface area contributed by atoms with Gasteiger partial charge in [0.15, 0.2) is 5.96 Å². The Morgan fingerprint density at radius 2 is 2.00 bits per heavy atom. The summed E-state index contributed by atoms with van der Waals surface area (Å²) in [6, 6.07) is 3.81. The molecule has 0 amide bonds. The molecule has 0 aliphatic heterocycles. The van der Waals surface area contributed by atoms with Crippen molar-refractivity contribution in [1.82, 2.24) is 20.5 Å². The van der Waals surface area contributed by atoms with Gasteiger partial charge in [0.1, 0.15) is 5.15 Å². The van der Waals surface area contributed by atoms with Crippen LogP contribution in [-0.2, 0) is 6.42 Å². The molecule has 0 spiro atoms. The van der Waals surface area contributed by atoms with Gasteiger partial charge >= 0.3 is 0 Å². The molecular weight excluding hydrogens is 298 g/mol. The van der Waals surface area contributed by atoms with E-state index in [2.05, 4.69) is 39.4 Å². The smallest absolute Gasteiger partial charge is 0.191 e. The average Bonchev–Trinajstić information content (AvgIpc) is 2.54. The van der Waals surface area contributed by atoms with E-state index in [-0.39, 0.29) is 0 Å². The third-order valence-corrected chi connectivity index (χ3v) is 3.65. The van der Waals surface area contributed by atoms with Crippen molar-refractivity contribution in [2.24, 2.45) is 4.99 Å². The summed E-state index contributed by atoms with van der Waals surface area (Å²) in [5, 5.41) is 7.19. The van der Waals surface area contributed by atoms with E-state index in [0.29, 0.717) is 5.15 Å². The molecule has 1 aromatic heterocycles. The average molecular weight is 326 g/mol. The predicted molar refractivity (Wildman–Crippen MR) is 94.7 cm³/mol. The van der Waals surface area contributed by atoms with Crippen LogP contribution in [-0.4, -0.2) is 55.6 Å². The lowest BCUT2D eigenvalue weighted by Gasteiger charge is -2.20. The predicted octanol–water partition coefficient (Wildman–Crippen LogP) is 2.17. The third kappa shape index (κ3) is 7.61. The Hall–Kier alpha value is -1.33. The summed E-state index contributed by atoms with van der Waals surface area (Å²) in [6.45, 7) is 9.39. The van der Waals surface area contributed by atoms with E-state index >= 15 is 0 Å². The standard InChI is InChI=1S/C16H28ClN5/c1-4-11-22(5-2)12-10-20-16(18-3)19-9-8-14-6-7-15(17)21-13-14/h6-7,13H,4-5,8-12H2,1-3H3,(H2,18,19,20). The normalized spacial score (nSPS) is 11.8. The zero-order valence-corrected chi connectivity index (χ0v) is 14.7. The van der Waals surface area contributed by atoms with Crippen molar-refractivity contribution in [3.8, 4) is 0 Å². The van der Waals surface area contributed by atoms with Gasteiger partial charge in [0, 0.05) is 32.9 Å². The number of hydrogen-bond donors (Lipinski definition) is 2. The fraction of sp³-hybridized carbons (Fsp3) is 0.625. The Bertz CT molecular complexity index is 433. The summed E-state index contributed by atoms with van der Waals surface area (Å²) in [5.41, 5.74) is 1.16. The zero-order valence-electron chi connectivity index (χ0n) is 13.9. The Balaban J connectivity index is 2.23. The molecule has 6 heteroatoms. The number of aromatic nitrogens is 1. The molecule has 0 aliphatic carbocycles. The lowest BCUT2D eigenvalue weighted by Crippen LogP contribution is -2.42. The van der Waals surface area contributed by atoms with Gasteiger partial charge in [0.05, 0.1) is 0 Å². The van der Waals surface area contributed by atoms with Crippen LogP contribution >= 0.6 is 11.6 Å². The molecule has 22 heavy (non-hydrogen) atoms. The second-order valence-electron chi connectivity index (χ2n) is 5.10. The van der Waals surface area contributed by atoms with Gasteiger partial charge in [0.25, 0.3) is 0 Å². The van der Waals surface area contributed by atoms with Gasteiger partial charge < -0.3 is 15.5 Å². The quantitative estimate of drug-likeness (QED) is 0.415. The first-order chi connectivity index (χ1) is 10.7. The maximum Gasteiger partial charge on any atom is 0.191 e. The van der Waals surface area contributed by atoms with Crippen LogP contribution in [0.3, 0.4) is 0 Å². The molecule has 0 aliphatic rings. The Morgan fingerprint density at radius 1 is 1.23 bits per heavy atom. The largest absolute Gasteiger partial charge is 0.356 e. The van der Waals surface area contributed by atoms with Crippen LogP contribution in [0.1, 0.15) is 25.8 Å². The van der Waals surface area contributed by atoms with E-state index in [1.54, 1.807) is 7.05 Å². The van der Waals surface area contributed by atoms with Crippen LogP contribution in [0.25, 0.3) is 0 Å². The molecule has 0 saturated carbocycles. The highest BCUT2D eigenvalue weighted by Gasteiger charge is 2.02. The van der Waals surface area contributed by atoms with Crippen molar-refractivity contribution in [1.29, 1.82) is 0 Å². The number of halogens is 1. The summed E-state index contributed by atoms with van der Waals surface area (Å²) in [5.74, 6) is 0.842. The second-order valence-corrected chi connectivity index (χ2v) is 5.49. The molecule has 0 unspecified atom stereocenters. The van der Waals surface area contributed by atoms with Crippen molar-refractivity contribution in [2.45, 2.75) is 26.7 Å². The SMILES string of the molecule is CCCN(CC)CCNC(=NC)NCCc1ccc(Cl)nc1. The van der Waals surface area contributed by atoms with Crippen LogP contribution < -0.4 is 10.6 Å². The van der Waals surface area contributed by atoms with Gasteiger partial charge in [-0.05, 0) is 37.6 Å². The minimum Gasteiger partial charge on any atom is -0.356 e. The first-order valence-electron chi connectivity index (χ1n) is 7.96. The third-order valence-electron chi connectivity index (χ3n) is 3.43. The fourth-order valence-electron chi connectivity index (χ4n) is 2.18.